The normalized spacial score (nSPS) is 11.5. The number of hydrogen-bond acceptors (Lipinski definition) is 4. The quantitative estimate of drug-likeness (QED) is 0.408. The lowest BCUT2D eigenvalue weighted by Gasteiger charge is -2.10. The number of aromatic amines is 1. The zero-order chi connectivity index (χ0) is 22.9. The number of nitrogens with zero attached hydrogens (tertiary/aromatic N) is 1. The van der Waals surface area contributed by atoms with Crippen molar-refractivity contribution in [2.45, 2.75) is 12.6 Å². The third-order valence-electron chi connectivity index (χ3n) is 5.15. The SMILES string of the molecule is COC(=O)c1cccc(Cc2c(-c3cccc(C(F)(F)F)c3)[nH]c3cc(OC)ccc23)n1. The molecule has 164 valence electrons. The van der Waals surface area contributed by atoms with Gasteiger partial charge in [-0.1, -0.05) is 18.2 Å². The van der Waals surface area contributed by atoms with E-state index in [1.54, 1.807) is 43.5 Å². The topological polar surface area (TPSA) is 64.2 Å². The molecule has 4 rings (SSSR count). The number of halogens is 3. The van der Waals surface area contributed by atoms with Crippen LogP contribution in [-0.4, -0.2) is 30.2 Å². The molecule has 1 N–H and O–H groups in total. The minimum Gasteiger partial charge on any atom is -0.497 e. The Kier molecular flexibility index (Phi) is 5.61. The van der Waals surface area contributed by atoms with E-state index in [2.05, 4.69) is 9.97 Å². The van der Waals surface area contributed by atoms with Gasteiger partial charge in [-0.2, -0.15) is 13.2 Å². The number of carbonyl (C=O) groups excluding carboxylic acids is 1. The van der Waals surface area contributed by atoms with Gasteiger partial charge in [0.1, 0.15) is 11.4 Å². The molecule has 0 bridgehead atoms. The van der Waals surface area contributed by atoms with Gasteiger partial charge in [0.2, 0.25) is 0 Å². The summed E-state index contributed by atoms with van der Waals surface area (Å²) in [6.45, 7) is 0. The first-order valence-corrected chi connectivity index (χ1v) is 9.70. The molecular formula is C24H19F3N2O3. The Morgan fingerprint density at radius 3 is 2.53 bits per heavy atom. The average molecular weight is 440 g/mol. The Morgan fingerprint density at radius 2 is 1.81 bits per heavy atom. The van der Waals surface area contributed by atoms with Gasteiger partial charge in [-0.3, -0.25) is 0 Å². The van der Waals surface area contributed by atoms with E-state index in [0.717, 1.165) is 28.6 Å². The zero-order valence-electron chi connectivity index (χ0n) is 17.3. The number of benzene rings is 2. The van der Waals surface area contributed by atoms with Crippen LogP contribution in [0, 0.1) is 0 Å². The molecule has 0 saturated carbocycles. The van der Waals surface area contributed by atoms with Crippen LogP contribution in [0.3, 0.4) is 0 Å². The van der Waals surface area contributed by atoms with Crippen molar-refractivity contribution < 1.29 is 27.4 Å². The van der Waals surface area contributed by atoms with Gasteiger partial charge < -0.3 is 14.5 Å². The number of hydrogen-bond donors (Lipinski definition) is 1. The predicted molar refractivity (Wildman–Crippen MR) is 114 cm³/mol. The van der Waals surface area contributed by atoms with Gasteiger partial charge >= 0.3 is 12.1 Å². The van der Waals surface area contributed by atoms with Gasteiger partial charge in [0.05, 0.1) is 25.5 Å². The van der Waals surface area contributed by atoms with Crippen molar-refractivity contribution in [3.8, 4) is 17.0 Å². The molecule has 5 nitrogen and oxygen atoms in total. The van der Waals surface area contributed by atoms with E-state index in [1.165, 1.54) is 13.2 Å². The summed E-state index contributed by atoms with van der Waals surface area (Å²) in [5.41, 5.74) is 2.43. The molecule has 0 radical (unpaired) electrons. The number of carbonyl (C=O) groups is 1. The molecule has 0 fully saturated rings. The number of H-pyrrole nitrogens is 1. The Hall–Kier alpha value is -3.81. The molecule has 0 unspecified atom stereocenters. The van der Waals surface area contributed by atoms with Gasteiger partial charge in [-0.25, -0.2) is 9.78 Å². The largest absolute Gasteiger partial charge is 0.497 e. The van der Waals surface area contributed by atoms with Crippen molar-refractivity contribution in [2.24, 2.45) is 0 Å². The van der Waals surface area contributed by atoms with Crippen molar-refractivity contribution in [3.63, 3.8) is 0 Å². The van der Waals surface area contributed by atoms with Crippen LogP contribution >= 0.6 is 0 Å². The van der Waals surface area contributed by atoms with Crippen LogP contribution in [0.25, 0.3) is 22.2 Å². The van der Waals surface area contributed by atoms with Crippen LogP contribution in [0.5, 0.6) is 5.75 Å². The average Bonchev–Trinajstić information content (AvgIpc) is 3.15. The van der Waals surface area contributed by atoms with Gasteiger partial charge in [-0.15, -0.1) is 0 Å². The van der Waals surface area contributed by atoms with Gasteiger partial charge in [0.25, 0.3) is 0 Å². The number of rotatable bonds is 5. The monoisotopic (exact) mass is 440 g/mol. The molecule has 0 aliphatic rings. The number of pyridine rings is 1. The molecular weight excluding hydrogens is 421 g/mol. The fourth-order valence-electron chi connectivity index (χ4n) is 3.62. The van der Waals surface area contributed by atoms with E-state index in [4.69, 9.17) is 9.47 Å². The van der Waals surface area contributed by atoms with Crippen LogP contribution in [0.1, 0.15) is 27.3 Å². The van der Waals surface area contributed by atoms with Crippen LogP contribution in [0.4, 0.5) is 13.2 Å². The highest BCUT2D eigenvalue weighted by Gasteiger charge is 2.31. The maximum atomic E-state index is 13.3. The lowest BCUT2D eigenvalue weighted by Crippen LogP contribution is -2.06. The summed E-state index contributed by atoms with van der Waals surface area (Å²) in [5, 5.41) is 0.823. The van der Waals surface area contributed by atoms with E-state index < -0.39 is 17.7 Å². The van der Waals surface area contributed by atoms with Gasteiger partial charge in [-0.05, 0) is 47.5 Å². The summed E-state index contributed by atoms with van der Waals surface area (Å²) in [6.07, 6.45) is -4.16. The van der Waals surface area contributed by atoms with Crippen molar-refractivity contribution in [1.29, 1.82) is 0 Å². The maximum Gasteiger partial charge on any atom is 0.416 e. The number of nitrogens with one attached hydrogen (secondary N) is 1. The van der Waals surface area contributed by atoms with Crippen molar-refractivity contribution >= 4 is 16.9 Å². The van der Waals surface area contributed by atoms with E-state index in [-0.39, 0.29) is 5.69 Å². The Balaban J connectivity index is 1.87. The van der Waals surface area contributed by atoms with E-state index in [9.17, 15) is 18.0 Å². The zero-order valence-corrected chi connectivity index (χ0v) is 17.3. The molecule has 0 atom stereocenters. The summed E-state index contributed by atoms with van der Waals surface area (Å²) in [6, 6.07) is 15.6. The molecule has 0 spiro atoms. The van der Waals surface area contributed by atoms with E-state index in [1.807, 2.05) is 6.07 Å². The van der Waals surface area contributed by atoms with Crippen LogP contribution in [0.15, 0.2) is 60.7 Å². The number of alkyl halides is 3. The summed E-state index contributed by atoms with van der Waals surface area (Å²) in [5.74, 6) is 0.0559. The summed E-state index contributed by atoms with van der Waals surface area (Å²) in [4.78, 5) is 19.5. The third-order valence-corrected chi connectivity index (χ3v) is 5.15. The first-order chi connectivity index (χ1) is 15.3. The standard InChI is InChI=1S/C24H19F3N2O3/c1-31-17-9-10-18-19(12-16-7-4-8-20(28-16)23(30)32-2)22(29-21(18)13-17)14-5-3-6-15(11-14)24(25,26)27/h3-11,13,29H,12H2,1-2H3. The molecule has 32 heavy (non-hydrogen) atoms. The van der Waals surface area contributed by atoms with Crippen molar-refractivity contribution in [1.82, 2.24) is 9.97 Å². The fourth-order valence-corrected chi connectivity index (χ4v) is 3.62. The number of ether oxygens (including phenoxy) is 2. The van der Waals surface area contributed by atoms with Crippen molar-refractivity contribution in [2.75, 3.05) is 14.2 Å². The second-order valence-electron chi connectivity index (χ2n) is 7.15. The lowest BCUT2D eigenvalue weighted by atomic mass is 9.99. The lowest BCUT2D eigenvalue weighted by molar-refractivity contribution is -0.137. The number of fused-ring (bicyclic) bond motifs is 1. The predicted octanol–water partition coefficient (Wildman–Crippen LogP) is 5.63. The van der Waals surface area contributed by atoms with Crippen LogP contribution < -0.4 is 4.74 Å². The molecule has 2 aromatic carbocycles. The fraction of sp³-hybridized carbons (Fsp3) is 0.167. The second-order valence-corrected chi connectivity index (χ2v) is 7.15. The molecule has 2 heterocycles. The highest BCUT2D eigenvalue weighted by Crippen LogP contribution is 2.36. The first kappa shape index (κ1) is 21.4. The highest BCUT2D eigenvalue weighted by molar-refractivity contribution is 5.92. The highest BCUT2D eigenvalue weighted by atomic mass is 19.4. The minimum atomic E-state index is -4.46. The van der Waals surface area contributed by atoms with E-state index >= 15 is 0 Å². The molecule has 0 amide bonds. The molecule has 8 heteroatoms. The number of methoxy groups -OCH3 is 2. The maximum absolute atomic E-state index is 13.3. The summed E-state index contributed by atoms with van der Waals surface area (Å²) in [7, 11) is 2.82. The summed E-state index contributed by atoms with van der Waals surface area (Å²) < 4.78 is 49.9. The van der Waals surface area contributed by atoms with Gasteiger partial charge in [0, 0.05) is 29.1 Å². The van der Waals surface area contributed by atoms with Crippen LogP contribution in [-0.2, 0) is 17.3 Å². The van der Waals surface area contributed by atoms with Gasteiger partial charge in [0.15, 0.2) is 0 Å². The Bertz CT molecular complexity index is 1300. The minimum absolute atomic E-state index is 0.159. The van der Waals surface area contributed by atoms with Crippen LogP contribution in [0.2, 0.25) is 0 Å². The van der Waals surface area contributed by atoms with E-state index in [0.29, 0.717) is 29.1 Å². The molecule has 4 aromatic rings. The Morgan fingerprint density at radius 1 is 1.03 bits per heavy atom. The van der Waals surface area contributed by atoms with Crippen molar-refractivity contribution in [3.05, 3.63) is 83.2 Å². The summed E-state index contributed by atoms with van der Waals surface area (Å²) >= 11 is 0. The molecule has 2 aromatic heterocycles. The second kappa shape index (κ2) is 8.37. The first-order valence-electron chi connectivity index (χ1n) is 9.70. The number of aromatic nitrogens is 2. The molecule has 0 saturated heterocycles. The smallest absolute Gasteiger partial charge is 0.416 e. The molecule has 0 aliphatic heterocycles. The Labute approximate surface area is 181 Å². The molecule has 0 aliphatic carbocycles. The third kappa shape index (κ3) is 4.16. The number of esters is 1.